The number of nitrogens with two attached hydrogens (primary N) is 1. The van der Waals surface area contributed by atoms with E-state index >= 15 is 0 Å². The maximum Gasteiger partial charge on any atom is 0.0619 e. The zero-order valence-corrected chi connectivity index (χ0v) is 9.11. The lowest BCUT2D eigenvalue weighted by Crippen LogP contribution is -2.47. The Balaban J connectivity index is 1.83. The average molecular weight is 198 g/mol. The summed E-state index contributed by atoms with van der Waals surface area (Å²) in [7, 11) is 0. The molecule has 1 heterocycles. The van der Waals surface area contributed by atoms with Gasteiger partial charge in [-0.05, 0) is 25.7 Å². The highest BCUT2D eigenvalue weighted by Gasteiger charge is 2.28. The van der Waals surface area contributed by atoms with Gasteiger partial charge in [0.25, 0.3) is 0 Å². The number of hydrogen-bond donors (Lipinski definition) is 1. The van der Waals surface area contributed by atoms with E-state index in [4.69, 9.17) is 10.5 Å². The first-order valence-electron chi connectivity index (χ1n) is 5.85. The number of nitrogens with zero attached hydrogens (tertiary/aromatic N) is 1. The van der Waals surface area contributed by atoms with Gasteiger partial charge in [0.15, 0.2) is 0 Å². The molecule has 0 aromatic carbocycles. The van der Waals surface area contributed by atoms with Gasteiger partial charge in [0.05, 0.1) is 13.2 Å². The third-order valence-corrected chi connectivity index (χ3v) is 3.69. The molecule has 2 rings (SSSR count). The largest absolute Gasteiger partial charge is 0.379 e. The summed E-state index contributed by atoms with van der Waals surface area (Å²) in [6.45, 7) is 6.31. The summed E-state index contributed by atoms with van der Waals surface area (Å²) in [5.74, 6) is 0.732. The maximum absolute atomic E-state index is 6.08. The van der Waals surface area contributed by atoms with E-state index in [1.54, 1.807) is 0 Å². The van der Waals surface area contributed by atoms with E-state index in [-0.39, 0.29) is 0 Å². The van der Waals surface area contributed by atoms with Crippen LogP contribution in [-0.4, -0.2) is 43.3 Å². The first-order chi connectivity index (χ1) is 6.77. The van der Waals surface area contributed by atoms with E-state index in [0.29, 0.717) is 12.1 Å². The Hall–Kier alpha value is -0.120. The van der Waals surface area contributed by atoms with Crippen LogP contribution in [0.3, 0.4) is 0 Å². The third kappa shape index (κ3) is 2.27. The van der Waals surface area contributed by atoms with Crippen LogP contribution in [0.5, 0.6) is 0 Å². The molecule has 1 saturated carbocycles. The Morgan fingerprint density at radius 1 is 1.43 bits per heavy atom. The lowest BCUT2D eigenvalue weighted by Gasteiger charge is -2.35. The molecule has 0 aromatic rings. The number of hydrogen-bond acceptors (Lipinski definition) is 3. The monoisotopic (exact) mass is 198 g/mol. The molecule has 2 fully saturated rings. The summed E-state index contributed by atoms with van der Waals surface area (Å²) >= 11 is 0. The second-order valence-corrected chi connectivity index (χ2v) is 4.77. The van der Waals surface area contributed by atoms with Crippen molar-refractivity contribution in [3.63, 3.8) is 0 Å². The molecule has 14 heavy (non-hydrogen) atoms. The van der Waals surface area contributed by atoms with Crippen LogP contribution in [0.4, 0.5) is 0 Å². The van der Waals surface area contributed by atoms with Gasteiger partial charge in [-0.15, -0.1) is 0 Å². The molecule has 0 bridgehead atoms. The second-order valence-electron chi connectivity index (χ2n) is 4.77. The zero-order chi connectivity index (χ0) is 9.97. The Labute approximate surface area is 86.6 Å². The van der Waals surface area contributed by atoms with Crippen molar-refractivity contribution < 1.29 is 4.74 Å². The van der Waals surface area contributed by atoms with Gasteiger partial charge in [-0.3, -0.25) is 4.90 Å². The Kier molecular flexibility index (Phi) is 3.42. The third-order valence-electron chi connectivity index (χ3n) is 3.69. The summed E-state index contributed by atoms with van der Waals surface area (Å²) < 4.78 is 5.43. The van der Waals surface area contributed by atoms with Gasteiger partial charge < -0.3 is 10.5 Å². The minimum Gasteiger partial charge on any atom is -0.379 e. The van der Waals surface area contributed by atoms with E-state index in [2.05, 4.69) is 11.8 Å². The molecule has 3 nitrogen and oxygen atoms in total. The standard InChI is InChI=1S/C11H22N2O/c1-9-8-14-6-5-13(9)7-10-3-2-4-11(10)12/h9-11H,2-8,12H2,1H3. The van der Waals surface area contributed by atoms with Crippen molar-refractivity contribution in [3.8, 4) is 0 Å². The summed E-state index contributed by atoms with van der Waals surface area (Å²) in [6, 6.07) is 1.03. The SMILES string of the molecule is CC1COCCN1CC1CCCC1N. The molecule has 0 amide bonds. The van der Waals surface area contributed by atoms with Gasteiger partial charge in [-0.2, -0.15) is 0 Å². The fraction of sp³-hybridized carbons (Fsp3) is 1.00. The highest BCUT2D eigenvalue weighted by molar-refractivity contribution is 4.84. The molecule has 2 aliphatic rings. The fourth-order valence-electron chi connectivity index (χ4n) is 2.63. The smallest absolute Gasteiger partial charge is 0.0619 e. The summed E-state index contributed by atoms with van der Waals surface area (Å²) in [6.07, 6.45) is 3.87. The minimum absolute atomic E-state index is 0.449. The van der Waals surface area contributed by atoms with Crippen LogP contribution in [-0.2, 0) is 4.74 Å². The van der Waals surface area contributed by atoms with Crippen molar-refractivity contribution in [1.82, 2.24) is 4.90 Å². The van der Waals surface area contributed by atoms with Gasteiger partial charge >= 0.3 is 0 Å². The fourth-order valence-corrected chi connectivity index (χ4v) is 2.63. The van der Waals surface area contributed by atoms with E-state index < -0.39 is 0 Å². The predicted octanol–water partition coefficient (Wildman–Crippen LogP) is 0.835. The normalized spacial score (nSPS) is 40.3. The molecule has 82 valence electrons. The molecule has 3 unspecified atom stereocenters. The maximum atomic E-state index is 6.08. The number of ether oxygens (including phenoxy) is 1. The summed E-state index contributed by atoms with van der Waals surface area (Å²) in [4.78, 5) is 2.54. The number of morpholine rings is 1. The first kappa shape index (κ1) is 10.4. The number of rotatable bonds is 2. The van der Waals surface area contributed by atoms with Crippen molar-refractivity contribution in [2.75, 3.05) is 26.3 Å². The molecule has 1 aliphatic carbocycles. The van der Waals surface area contributed by atoms with Crippen LogP contribution < -0.4 is 5.73 Å². The molecule has 0 spiro atoms. The van der Waals surface area contributed by atoms with Crippen LogP contribution in [0.15, 0.2) is 0 Å². The molecule has 3 heteroatoms. The van der Waals surface area contributed by atoms with Crippen molar-refractivity contribution in [1.29, 1.82) is 0 Å². The average Bonchev–Trinajstić information content (AvgIpc) is 2.56. The summed E-state index contributed by atoms with van der Waals surface area (Å²) in [5.41, 5.74) is 6.08. The van der Waals surface area contributed by atoms with E-state index in [9.17, 15) is 0 Å². The van der Waals surface area contributed by atoms with Crippen LogP contribution >= 0.6 is 0 Å². The van der Waals surface area contributed by atoms with Crippen LogP contribution in [0.2, 0.25) is 0 Å². The molecule has 1 saturated heterocycles. The van der Waals surface area contributed by atoms with Gasteiger partial charge in [-0.25, -0.2) is 0 Å². The molecule has 3 atom stereocenters. The van der Waals surface area contributed by atoms with Gasteiger partial charge in [0.1, 0.15) is 0 Å². The highest BCUT2D eigenvalue weighted by Crippen LogP contribution is 2.25. The van der Waals surface area contributed by atoms with Crippen molar-refractivity contribution in [2.45, 2.75) is 38.3 Å². The Bertz CT molecular complexity index is 186. The van der Waals surface area contributed by atoms with Crippen LogP contribution in [0.25, 0.3) is 0 Å². The van der Waals surface area contributed by atoms with Crippen molar-refractivity contribution in [2.24, 2.45) is 11.7 Å². The van der Waals surface area contributed by atoms with E-state index in [1.807, 2.05) is 0 Å². The molecule has 0 radical (unpaired) electrons. The molecule has 2 N–H and O–H groups in total. The molecular weight excluding hydrogens is 176 g/mol. The van der Waals surface area contributed by atoms with Gasteiger partial charge in [0.2, 0.25) is 0 Å². The minimum atomic E-state index is 0.449. The highest BCUT2D eigenvalue weighted by atomic mass is 16.5. The quantitative estimate of drug-likeness (QED) is 0.714. The Morgan fingerprint density at radius 2 is 2.29 bits per heavy atom. The lowest BCUT2D eigenvalue weighted by molar-refractivity contribution is -0.00771. The van der Waals surface area contributed by atoms with E-state index in [0.717, 1.165) is 25.7 Å². The van der Waals surface area contributed by atoms with Gasteiger partial charge in [-0.1, -0.05) is 6.42 Å². The lowest BCUT2D eigenvalue weighted by atomic mass is 10.0. The second kappa shape index (κ2) is 4.60. The zero-order valence-electron chi connectivity index (χ0n) is 9.11. The van der Waals surface area contributed by atoms with Gasteiger partial charge in [0, 0.05) is 25.2 Å². The predicted molar refractivity (Wildman–Crippen MR) is 57.2 cm³/mol. The van der Waals surface area contributed by atoms with E-state index in [1.165, 1.54) is 25.8 Å². The van der Waals surface area contributed by atoms with Crippen molar-refractivity contribution >= 4 is 0 Å². The Morgan fingerprint density at radius 3 is 2.93 bits per heavy atom. The molecule has 1 aliphatic heterocycles. The first-order valence-corrected chi connectivity index (χ1v) is 5.85. The van der Waals surface area contributed by atoms with Crippen molar-refractivity contribution in [3.05, 3.63) is 0 Å². The topological polar surface area (TPSA) is 38.5 Å². The molecule has 0 aromatic heterocycles. The van der Waals surface area contributed by atoms with Crippen LogP contribution in [0, 0.1) is 5.92 Å². The molecular formula is C11H22N2O. The summed E-state index contributed by atoms with van der Waals surface area (Å²) in [5, 5.41) is 0. The van der Waals surface area contributed by atoms with Crippen LogP contribution in [0.1, 0.15) is 26.2 Å².